The van der Waals surface area contributed by atoms with Crippen molar-refractivity contribution in [1.82, 2.24) is 20.2 Å². The zero-order valence-corrected chi connectivity index (χ0v) is 28.5. The van der Waals surface area contributed by atoms with E-state index < -0.39 is 6.04 Å². The van der Waals surface area contributed by atoms with E-state index in [1.54, 1.807) is 43.5 Å². The van der Waals surface area contributed by atoms with E-state index in [2.05, 4.69) is 25.4 Å². The van der Waals surface area contributed by atoms with Gasteiger partial charge in [0.05, 0.1) is 19.0 Å². The van der Waals surface area contributed by atoms with Crippen LogP contribution in [0.2, 0.25) is 0 Å². The van der Waals surface area contributed by atoms with Gasteiger partial charge in [-0.2, -0.15) is 4.98 Å². The van der Waals surface area contributed by atoms with Gasteiger partial charge in [-0.15, -0.1) is 0 Å². The SMILES string of the molecule is CC[C@@H]1C(=O)N(C)c2cnc(Nc3ccc(C(=O)NC4CCN(CCC(N)C(=O)OC5CCCC5)C4)cc3OC)nc2N1C1CCCC1. The van der Waals surface area contributed by atoms with E-state index >= 15 is 0 Å². The maximum Gasteiger partial charge on any atom is 0.323 e. The molecule has 4 N–H and O–H groups in total. The average Bonchev–Trinajstić information content (AvgIpc) is 3.90. The molecule has 3 atom stereocenters. The van der Waals surface area contributed by atoms with Gasteiger partial charge >= 0.3 is 5.97 Å². The summed E-state index contributed by atoms with van der Waals surface area (Å²) in [5, 5.41) is 6.43. The second-order valence-corrected chi connectivity index (χ2v) is 13.6. The standard InChI is InChI=1S/C35H50N8O5/c1-4-28-33(45)41(2)29-20-37-35(40-31(29)43(28)24-9-5-6-10-24)39-27-14-13-22(19-30(27)47-3)32(44)38-23-15-17-42(21-23)18-16-26(36)34(46)48-25-11-7-8-12-25/h13-14,19-20,23-26,28H,4-12,15-18,21,36H2,1-3H3,(H,38,44)(H,37,39,40)/t23?,26?,28-/m1/s1. The maximum atomic E-state index is 13.3. The molecule has 48 heavy (non-hydrogen) atoms. The molecule has 2 aromatic rings. The van der Waals surface area contributed by atoms with E-state index in [9.17, 15) is 14.4 Å². The lowest BCUT2D eigenvalue weighted by atomic mass is 10.0. The number of benzene rings is 1. The fourth-order valence-electron chi connectivity index (χ4n) is 7.62. The number of esters is 1. The second-order valence-electron chi connectivity index (χ2n) is 13.6. The quantitative estimate of drug-likeness (QED) is 0.285. The van der Waals surface area contributed by atoms with Crippen molar-refractivity contribution in [2.24, 2.45) is 5.73 Å². The van der Waals surface area contributed by atoms with E-state index in [-0.39, 0.29) is 42.0 Å². The van der Waals surface area contributed by atoms with Crippen molar-refractivity contribution in [3.63, 3.8) is 0 Å². The molecule has 2 aliphatic heterocycles. The first-order valence-electron chi connectivity index (χ1n) is 17.6. The molecular formula is C35H50N8O5. The minimum Gasteiger partial charge on any atom is -0.495 e. The van der Waals surface area contributed by atoms with Crippen LogP contribution in [-0.2, 0) is 14.3 Å². The summed E-state index contributed by atoms with van der Waals surface area (Å²) in [5.74, 6) is 1.22. The van der Waals surface area contributed by atoms with Crippen molar-refractivity contribution in [3.8, 4) is 5.75 Å². The number of hydrogen-bond acceptors (Lipinski definition) is 11. The Balaban J connectivity index is 1.06. The Hall–Kier alpha value is -3.97. The predicted octanol–water partition coefficient (Wildman–Crippen LogP) is 3.74. The number of likely N-dealkylation sites (tertiary alicyclic amines) is 1. The number of ether oxygens (including phenoxy) is 2. The van der Waals surface area contributed by atoms with Gasteiger partial charge in [-0.25, -0.2) is 4.98 Å². The second kappa shape index (κ2) is 15.1. The Bertz CT molecular complexity index is 1480. The Kier molecular flexibility index (Phi) is 10.6. The third-order valence-corrected chi connectivity index (χ3v) is 10.4. The molecule has 0 bridgehead atoms. The first-order valence-corrected chi connectivity index (χ1v) is 17.6. The van der Waals surface area contributed by atoms with Crippen LogP contribution in [0.25, 0.3) is 0 Å². The number of nitrogens with one attached hydrogen (secondary N) is 2. The molecule has 6 rings (SSSR count). The van der Waals surface area contributed by atoms with Crippen molar-refractivity contribution in [2.75, 3.05) is 48.9 Å². The van der Waals surface area contributed by atoms with E-state index in [0.717, 1.165) is 70.2 Å². The summed E-state index contributed by atoms with van der Waals surface area (Å²) >= 11 is 0. The number of hydrogen-bond donors (Lipinski definition) is 3. The zero-order valence-electron chi connectivity index (χ0n) is 28.5. The van der Waals surface area contributed by atoms with Gasteiger partial charge in [0.15, 0.2) is 5.82 Å². The molecule has 1 aromatic carbocycles. The summed E-state index contributed by atoms with van der Waals surface area (Å²) < 4.78 is 11.2. The van der Waals surface area contributed by atoms with Gasteiger partial charge in [0.2, 0.25) is 11.9 Å². The van der Waals surface area contributed by atoms with Gasteiger partial charge in [-0.3, -0.25) is 14.4 Å². The van der Waals surface area contributed by atoms with Gasteiger partial charge in [-0.05, 0) is 76.0 Å². The van der Waals surface area contributed by atoms with Crippen LogP contribution in [0.3, 0.4) is 0 Å². The molecule has 2 saturated carbocycles. The normalized spacial score (nSPS) is 22.5. The molecule has 2 aliphatic carbocycles. The average molecular weight is 663 g/mol. The summed E-state index contributed by atoms with van der Waals surface area (Å²) in [6, 6.07) is 4.64. The maximum absolute atomic E-state index is 13.3. The summed E-state index contributed by atoms with van der Waals surface area (Å²) in [6.07, 6.45) is 12.2. The van der Waals surface area contributed by atoms with E-state index in [4.69, 9.17) is 20.2 Å². The highest BCUT2D eigenvalue weighted by Gasteiger charge is 2.41. The number of nitrogens with two attached hydrogens (primary N) is 1. The van der Waals surface area contributed by atoms with Crippen LogP contribution in [0.4, 0.5) is 23.1 Å². The number of rotatable bonds is 12. The molecule has 3 heterocycles. The van der Waals surface area contributed by atoms with E-state index in [1.165, 1.54) is 0 Å². The third kappa shape index (κ3) is 7.36. The molecule has 1 saturated heterocycles. The van der Waals surface area contributed by atoms with Crippen LogP contribution in [0.5, 0.6) is 5.75 Å². The molecule has 2 amide bonds. The smallest absolute Gasteiger partial charge is 0.323 e. The highest BCUT2D eigenvalue weighted by molar-refractivity contribution is 6.04. The van der Waals surface area contributed by atoms with Crippen molar-refractivity contribution in [1.29, 1.82) is 0 Å². The number of likely N-dealkylation sites (N-methyl/N-ethyl adjacent to an activating group) is 1. The molecule has 0 spiro atoms. The topological polar surface area (TPSA) is 155 Å². The molecule has 13 nitrogen and oxygen atoms in total. The largest absolute Gasteiger partial charge is 0.495 e. The third-order valence-electron chi connectivity index (χ3n) is 10.4. The molecule has 1 aromatic heterocycles. The highest BCUT2D eigenvalue weighted by atomic mass is 16.5. The van der Waals surface area contributed by atoms with Crippen molar-refractivity contribution in [2.45, 2.75) is 108 Å². The minimum atomic E-state index is -0.629. The van der Waals surface area contributed by atoms with Crippen LogP contribution in [0.1, 0.15) is 87.9 Å². The summed E-state index contributed by atoms with van der Waals surface area (Å²) in [6.45, 7) is 4.24. The number of carbonyl (C=O) groups is 3. The highest BCUT2D eigenvalue weighted by Crippen LogP contribution is 2.40. The van der Waals surface area contributed by atoms with Gasteiger partial charge in [0.25, 0.3) is 5.91 Å². The predicted molar refractivity (Wildman–Crippen MR) is 184 cm³/mol. The number of methoxy groups -OCH3 is 1. The van der Waals surface area contributed by atoms with Gasteiger partial charge in [-0.1, -0.05) is 19.8 Å². The molecule has 4 aliphatic rings. The van der Waals surface area contributed by atoms with Gasteiger partial charge in [0, 0.05) is 44.3 Å². The van der Waals surface area contributed by atoms with Crippen LogP contribution >= 0.6 is 0 Å². The zero-order chi connectivity index (χ0) is 33.8. The number of aromatic nitrogens is 2. The van der Waals surface area contributed by atoms with E-state index in [0.29, 0.717) is 54.6 Å². The minimum absolute atomic E-state index is 0.00775. The number of nitrogens with zero attached hydrogens (tertiary/aromatic N) is 5. The first-order chi connectivity index (χ1) is 23.2. The van der Waals surface area contributed by atoms with Crippen molar-refractivity contribution >= 4 is 40.9 Å². The lowest BCUT2D eigenvalue weighted by Crippen LogP contribution is -2.55. The molecule has 2 unspecified atom stereocenters. The summed E-state index contributed by atoms with van der Waals surface area (Å²) in [4.78, 5) is 54.4. The summed E-state index contributed by atoms with van der Waals surface area (Å²) in [7, 11) is 3.35. The summed E-state index contributed by atoms with van der Waals surface area (Å²) in [5.41, 5.74) is 7.94. The van der Waals surface area contributed by atoms with Crippen LogP contribution in [-0.4, -0.2) is 96.7 Å². The van der Waals surface area contributed by atoms with Crippen LogP contribution in [0, 0.1) is 0 Å². The van der Waals surface area contributed by atoms with Crippen molar-refractivity contribution < 1.29 is 23.9 Å². The van der Waals surface area contributed by atoms with E-state index in [1.807, 2.05) is 6.92 Å². The monoisotopic (exact) mass is 662 g/mol. The molecule has 13 heteroatoms. The van der Waals surface area contributed by atoms with Crippen LogP contribution < -0.4 is 30.9 Å². The van der Waals surface area contributed by atoms with Gasteiger partial charge < -0.3 is 40.5 Å². The lowest BCUT2D eigenvalue weighted by molar-refractivity contribution is -0.150. The number of carbonyl (C=O) groups excluding carboxylic acids is 3. The van der Waals surface area contributed by atoms with Gasteiger partial charge in [0.1, 0.15) is 29.6 Å². The molecule has 260 valence electrons. The molecular weight excluding hydrogens is 612 g/mol. The Morgan fingerprint density at radius 2 is 1.85 bits per heavy atom. The molecule has 0 radical (unpaired) electrons. The van der Waals surface area contributed by atoms with Crippen LogP contribution in [0.15, 0.2) is 24.4 Å². The fraction of sp³-hybridized carbons (Fsp3) is 0.629. The number of fused-ring (bicyclic) bond motifs is 1. The van der Waals surface area contributed by atoms with Crippen molar-refractivity contribution in [3.05, 3.63) is 30.0 Å². The Labute approximate surface area is 282 Å². The molecule has 3 fully saturated rings. The lowest BCUT2D eigenvalue weighted by Gasteiger charge is -2.43. The number of amides is 2. The Morgan fingerprint density at radius 1 is 1.10 bits per heavy atom. The first kappa shape index (κ1) is 33.9. The fourth-order valence-corrected chi connectivity index (χ4v) is 7.62. The number of anilines is 4. The Morgan fingerprint density at radius 3 is 2.58 bits per heavy atom.